The Morgan fingerprint density at radius 3 is 1.68 bits per heavy atom. The molecule has 0 heterocycles. The molecule has 3 rings (SSSR count). The Balaban J connectivity index is 1.81. The second-order valence-electron chi connectivity index (χ2n) is 7.76. The van der Waals surface area contributed by atoms with E-state index in [0.29, 0.717) is 5.41 Å². The number of hydrogen-bond donors (Lipinski definition) is 0. The highest BCUT2D eigenvalue weighted by molar-refractivity contribution is 6.16. The summed E-state index contributed by atoms with van der Waals surface area (Å²) in [5.74, 6) is 0. The molecule has 1 fully saturated rings. The lowest BCUT2D eigenvalue weighted by Gasteiger charge is -2.42. The van der Waals surface area contributed by atoms with Gasteiger partial charge in [0.25, 0.3) is 0 Å². The zero-order valence-electron chi connectivity index (χ0n) is 14.0. The van der Waals surface area contributed by atoms with Crippen LogP contribution in [0, 0.1) is 12.3 Å². The van der Waals surface area contributed by atoms with Gasteiger partial charge < -0.3 is 0 Å². The lowest BCUT2D eigenvalue weighted by Crippen LogP contribution is -2.35. The van der Waals surface area contributed by atoms with Gasteiger partial charge in [0.1, 0.15) is 0 Å². The summed E-state index contributed by atoms with van der Waals surface area (Å²) in [6, 6.07) is 17.6. The molecule has 22 heavy (non-hydrogen) atoms. The second kappa shape index (κ2) is 5.61. The lowest BCUT2D eigenvalue weighted by molar-refractivity contribution is 0.206. The molecule has 2 aromatic carbocycles. The topological polar surface area (TPSA) is 0 Å². The van der Waals surface area contributed by atoms with Crippen molar-refractivity contribution in [1.29, 1.82) is 0 Å². The molecule has 0 unspecified atom stereocenters. The van der Waals surface area contributed by atoms with Crippen LogP contribution in [0.15, 0.2) is 48.5 Å². The predicted octanol–water partition coefficient (Wildman–Crippen LogP) is 5.63. The van der Waals surface area contributed by atoms with Crippen molar-refractivity contribution in [2.45, 2.75) is 51.8 Å². The Hall–Kier alpha value is -1.50. The molecule has 112 valence electrons. The smallest absolute Gasteiger partial charge is 0.0599 e. The predicted molar refractivity (Wildman–Crippen MR) is 96.3 cm³/mol. The quantitative estimate of drug-likeness (QED) is 0.628. The summed E-state index contributed by atoms with van der Waals surface area (Å²) in [6.07, 6.45) is 4.60. The van der Waals surface area contributed by atoms with Gasteiger partial charge in [-0.1, -0.05) is 86.3 Å². The highest BCUT2D eigenvalue weighted by Crippen LogP contribution is 2.45. The van der Waals surface area contributed by atoms with Crippen molar-refractivity contribution in [2.24, 2.45) is 5.41 Å². The van der Waals surface area contributed by atoms with Crippen LogP contribution in [0.4, 0.5) is 0 Å². The van der Waals surface area contributed by atoms with E-state index in [1.807, 2.05) is 0 Å². The van der Waals surface area contributed by atoms with Crippen molar-refractivity contribution in [3.05, 3.63) is 59.7 Å². The molecule has 0 N–H and O–H groups in total. The maximum Gasteiger partial charge on any atom is 0.0810 e. The molecule has 0 bridgehead atoms. The molecule has 1 heteroatoms. The van der Waals surface area contributed by atoms with Crippen LogP contribution in [0.3, 0.4) is 0 Å². The minimum absolute atomic E-state index is 0.138. The average Bonchev–Trinajstić information content (AvgIpc) is 2.52. The van der Waals surface area contributed by atoms with E-state index in [-0.39, 0.29) is 5.31 Å². The largest absolute Gasteiger partial charge is 0.0810 e. The van der Waals surface area contributed by atoms with Crippen LogP contribution < -0.4 is 0 Å². The third-order valence-corrected chi connectivity index (χ3v) is 5.34. The van der Waals surface area contributed by atoms with E-state index in [2.05, 4.69) is 69.3 Å². The maximum absolute atomic E-state index is 6.71. The van der Waals surface area contributed by atoms with Crippen molar-refractivity contribution in [3.8, 4) is 11.1 Å². The number of benzene rings is 2. The fourth-order valence-electron chi connectivity index (χ4n) is 3.40. The number of aryl methyl sites for hydroxylation is 1. The molecule has 1 aliphatic carbocycles. The first-order valence-electron chi connectivity index (χ1n) is 8.35. The third-order valence-electron chi connectivity index (χ3n) is 5.34. The minimum Gasteiger partial charge on any atom is -0.0599 e. The van der Waals surface area contributed by atoms with Gasteiger partial charge in [0.05, 0.1) is 7.85 Å². The van der Waals surface area contributed by atoms with Gasteiger partial charge in [-0.3, -0.25) is 0 Å². The maximum atomic E-state index is 6.71. The zero-order chi connectivity index (χ0) is 15.8. The van der Waals surface area contributed by atoms with E-state index in [1.54, 1.807) is 0 Å². The minimum atomic E-state index is -0.138. The highest BCUT2D eigenvalue weighted by atomic mass is 14.4. The SMILES string of the molecule is [B]C1(c2ccc(-c3ccc(C)cc3)cc2)CCC(C)(C)CC1. The van der Waals surface area contributed by atoms with E-state index >= 15 is 0 Å². The third kappa shape index (κ3) is 3.14. The summed E-state index contributed by atoms with van der Waals surface area (Å²) in [5, 5.41) is -0.138. The standard InChI is InChI=1S/C21H25B/c1-16-4-6-17(7-5-16)18-8-10-19(11-9-18)21(22)14-12-20(2,3)13-15-21/h4-11H,12-15H2,1-3H3. The van der Waals surface area contributed by atoms with Crippen LogP contribution in [0.1, 0.15) is 50.7 Å². The van der Waals surface area contributed by atoms with Gasteiger partial charge in [0, 0.05) is 0 Å². The van der Waals surface area contributed by atoms with Crippen molar-refractivity contribution in [3.63, 3.8) is 0 Å². The highest BCUT2D eigenvalue weighted by Gasteiger charge is 2.35. The van der Waals surface area contributed by atoms with Crippen molar-refractivity contribution >= 4 is 7.85 Å². The molecule has 2 radical (unpaired) electrons. The van der Waals surface area contributed by atoms with Gasteiger partial charge in [-0.2, -0.15) is 0 Å². The molecule has 0 nitrogen and oxygen atoms in total. The molecular formula is C21H25B. The molecule has 0 spiro atoms. The molecule has 1 saturated carbocycles. The number of rotatable bonds is 2. The first-order valence-corrected chi connectivity index (χ1v) is 8.35. The van der Waals surface area contributed by atoms with Crippen LogP contribution >= 0.6 is 0 Å². The van der Waals surface area contributed by atoms with Crippen LogP contribution in [-0.4, -0.2) is 7.85 Å². The van der Waals surface area contributed by atoms with Crippen molar-refractivity contribution in [1.82, 2.24) is 0 Å². The van der Waals surface area contributed by atoms with Crippen LogP contribution in [0.25, 0.3) is 11.1 Å². The van der Waals surface area contributed by atoms with Crippen LogP contribution in [0.2, 0.25) is 0 Å². The molecular weight excluding hydrogens is 263 g/mol. The summed E-state index contributed by atoms with van der Waals surface area (Å²) in [5.41, 5.74) is 5.58. The molecule has 0 amide bonds. The van der Waals surface area contributed by atoms with E-state index in [0.717, 1.165) is 12.8 Å². The van der Waals surface area contributed by atoms with Crippen LogP contribution in [0.5, 0.6) is 0 Å². The van der Waals surface area contributed by atoms with Crippen LogP contribution in [-0.2, 0) is 5.31 Å². The van der Waals surface area contributed by atoms with E-state index in [4.69, 9.17) is 7.85 Å². The van der Waals surface area contributed by atoms with Gasteiger partial charge in [-0.05, 0) is 41.6 Å². The zero-order valence-corrected chi connectivity index (χ0v) is 14.0. The molecule has 0 saturated heterocycles. The summed E-state index contributed by atoms with van der Waals surface area (Å²) < 4.78 is 0. The number of hydrogen-bond acceptors (Lipinski definition) is 0. The lowest BCUT2D eigenvalue weighted by atomic mass is 9.53. The first kappa shape index (κ1) is 15.4. The molecule has 0 aromatic heterocycles. The van der Waals surface area contributed by atoms with Crippen molar-refractivity contribution < 1.29 is 0 Å². The Kier molecular flexibility index (Phi) is 3.93. The molecule has 0 atom stereocenters. The van der Waals surface area contributed by atoms with E-state index in [1.165, 1.54) is 35.1 Å². The summed E-state index contributed by atoms with van der Waals surface area (Å²) in [6.45, 7) is 6.83. The summed E-state index contributed by atoms with van der Waals surface area (Å²) in [7, 11) is 6.71. The van der Waals surface area contributed by atoms with Gasteiger partial charge in [-0.15, -0.1) is 0 Å². The van der Waals surface area contributed by atoms with E-state index in [9.17, 15) is 0 Å². The second-order valence-corrected chi connectivity index (χ2v) is 7.76. The van der Waals surface area contributed by atoms with Gasteiger partial charge >= 0.3 is 0 Å². The fraction of sp³-hybridized carbons (Fsp3) is 0.429. The van der Waals surface area contributed by atoms with Gasteiger partial charge in [0.2, 0.25) is 0 Å². The molecule has 1 aliphatic rings. The molecule has 2 aromatic rings. The average molecular weight is 288 g/mol. The normalized spacial score (nSPS) is 19.8. The summed E-state index contributed by atoms with van der Waals surface area (Å²) in [4.78, 5) is 0. The Labute approximate surface area is 136 Å². The molecule has 0 aliphatic heterocycles. The fourth-order valence-corrected chi connectivity index (χ4v) is 3.40. The monoisotopic (exact) mass is 288 g/mol. The Bertz CT molecular complexity index is 625. The van der Waals surface area contributed by atoms with Gasteiger partial charge in [-0.25, -0.2) is 0 Å². The van der Waals surface area contributed by atoms with E-state index < -0.39 is 0 Å². The summed E-state index contributed by atoms with van der Waals surface area (Å²) >= 11 is 0. The Morgan fingerprint density at radius 2 is 1.18 bits per heavy atom. The van der Waals surface area contributed by atoms with Crippen molar-refractivity contribution in [2.75, 3.05) is 0 Å². The first-order chi connectivity index (χ1) is 10.4. The van der Waals surface area contributed by atoms with Gasteiger partial charge in [0.15, 0.2) is 0 Å². The Morgan fingerprint density at radius 1 is 0.727 bits per heavy atom.